The van der Waals surface area contributed by atoms with Gasteiger partial charge in [-0.1, -0.05) is 18.2 Å². The predicted octanol–water partition coefficient (Wildman–Crippen LogP) is 3.45. The quantitative estimate of drug-likeness (QED) is 0.583. The Labute approximate surface area is 169 Å². The van der Waals surface area contributed by atoms with Gasteiger partial charge in [0.15, 0.2) is 0 Å². The molecule has 1 saturated heterocycles. The molecule has 1 aliphatic rings. The number of nitrogens with zero attached hydrogens (tertiary/aromatic N) is 5. The molecule has 0 atom stereocenters. The van der Waals surface area contributed by atoms with Crippen molar-refractivity contribution in [3.8, 4) is 11.7 Å². The number of phenols is 1. The Morgan fingerprint density at radius 2 is 1.55 bits per heavy atom. The van der Waals surface area contributed by atoms with Gasteiger partial charge in [0.1, 0.15) is 5.75 Å². The van der Waals surface area contributed by atoms with Gasteiger partial charge in [0.2, 0.25) is 5.95 Å². The fraction of sp³-hybridized carbons (Fsp3) is 0.217. The lowest BCUT2D eigenvalue weighted by Gasteiger charge is -2.36. The molecule has 1 fully saturated rings. The van der Waals surface area contributed by atoms with Gasteiger partial charge in [0.25, 0.3) is 0 Å². The van der Waals surface area contributed by atoms with E-state index in [1.807, 2.05) is 18.2 Å². The molecule has 0 saturated carbocycles. The number of aromatic nitrogens is 3. The number of fused-ring (bicyclic) bond motifs is 1. The minimum Gasteiger partial charge on any atom is -0.508 e. The molecule has 1 N–H and O–H groups in total. The summed E-state index contributed by atoms with van der Waals surface area (Å²) < 4.78 is 2.08. The summed E-state index contributed by atoms with van der Waals surface area (Å²) in [7, 11) is 0. The van der Waals surface area contributed by atoms with Crippen molar-refractivity contribution in [2.24, 2.45) is 0 Å². The van der Waals surface area contributed by atoms with Gasteiger partial charge < -0.3 is 10.0 Å². The number of benzene rings is 2. The first-order chi connectivity index (χ1) is 14.3. The fourth-order valence-corrected chi connectivity index (χ4v) is 4.03. The molecule has 5 rings (SSSR count). The van der Waals surface area contributed by atoms with Crippen LogP contribution in [0.2, 0.25) is 0 Å². The summed E-state index contributed by atoms with van der Waals surface area (Å²) >= 11 is 0. The molecule has 146 valence electrons. The number of rotatable bonds is 4. The maximum Gasteiger partial charge on any atom is 0.234 e. The molecule has 0 radical (unpaired) electrons. The molecule has 2 aromatic carbocycles. The van der Waals surface area contributed by atoms with Crippen LogP contribution in [0.4, 0.5) is 5.69 Å². The van der Waals surface area contributed by atoms with E-state index in [9.17, 15) is 5.11 Å². The van der Waals surface area contributed by atoms with Crippen LogP contribution in [0.25, 0.3) is 16.9 Å². The lowest BCUT2D eigenvalue weighted by atomic mass is 10.1. The Balaban J connectivity index is 1.34. The van der Waals surface area contributed by atoms with Crippen molar-refractivity contribution in [3.63, 3.8) is 0 Å². The molecular formula is C23H23N5O. The van der Waals surface area contributed by atoms with Crippen molar-refractivity contribution in [3.05, 3.63) is 78.8 Å². The molecule has 0 spiro atoms. The number of piperazine rings is 1. The number of para-hydroxylation sites is 1. The van der Waals surface area contributed by atoms with E-state index in [1.165, 1.54) is 16.6 Å². The largest absolute Gasteiger partial charge is 0.508 e. The molecular weight excluding hydrogens is 362 g/mol. The summed E-state index contributed by atoms with van der Waals surface area (Å²) in [5.74, 6) is 1.01. The van der Waals surface area contributed by atoms with E-state index in [-0.39, 0.29) is 0 Å². The Hall–Kier alpha value is -3.38. The van der Waals surface area contributed by atoms with Crippen LogP contribution in [0.15, 0.2) is 73.2 Å². The average Bonchev–Trinajstić information content (AvgIpc) is 3.14. The van der Waals surface area contributed by atoms with Crippen LogP contribution in [0.5, 0.6) is 5.75 Å². The first-order valence-corrected chi connectivity index (χ1v) is 9.90. The number of phenolic OH excluding ortho intramolecular Hbond substituents is 1. The van der Waals surface area contributed by atoms with Crippen LogP contribution in [0.1, 0.15) is 5.56 Å². The van der Waals surface area contributed by atoms with Gasteiger partial charge in [-0.25, -0.2) is 9.97 Å². The maximum absolute atomic E-state index is 9.49. The molecule has 29 heavy (non-hydrogen) atoms. The highest BCUT2D eigenvalue weighted by molar-refractivity contribution is 5.85. The van der Waals surface area contributed by atoms with Crippen LogP contribution in [-0.2, 0) is 6.54 Å². The first-order valence-electron chi connectivity index (χ1n) is 9.90. The zero-order valence-corrected chi connectivity index (χ0v) is 16.1. The smallest absolute Gasteiger partial charge is 0.234 e. The third-order valence-corrected chi connectivity index (χ3v) is 5.54. The van der Waals surface area contributed by atoms with Crippen molar-refractivity contribution < 1.29 is 5.11 Å². The van der Waals surface area contributed by atoms with Crippen molar-refractivity contribution in [1.82, 2.24) is 19.4 Å². The second-order valence-electron chi connectivity index (χ2n) is 7.37. The van der Waals surface area contributed by atoms with E-state index in [1.54, 1.807) is 24.5 Å². The molecule has 4 aromatic rings. The fourth-order valence-electron chi connectivity index (χ4n) is 4.03. The van der Waals surface area contributed by atoms with Gasteiger partial charge >= 0.3 is 0 Å². The SMILES string of the molecule is Oc1ccc(N2CCN(Cc3cn(-c4ncccn4)c4ccccc34)CC2)cc1. The Bertz CT molecular complexity index is 1100. The third kappa shape index (κ3) is 3.54. The van der Waals surface area contributed by atoms with E-state index < -0.39 is 0 Å². The van der Waals surface area contributed by atoms with Gasteiger partial charge in [-0.15, -0.1) is 0 Å². The summed E-state index contributed by atoms with van der Waals surface area (Å²) in [5, 5.41) is 10.7. The molecule has 6 nitrogen and oxygen atoms in total. The van der Waals surface area contributed by atoms with Gasteiger partial charge in [0.05, 0.1) is 5.52 Å². The molecule has 1 aliphatic heterocycles. The van der Waals surface area contributed by atoms with E-state index in [4.69, 9.17) is 0 Å². The summed E-state index contributed by atoms with van der Waals surface area (Å²) in [5.41, 5.74) is 3.60. The Kier molecular flexibility index (Phi) is 4.62. The second kappa shape index (κ2) is 7.56. The molecule has 2 aromatic heterocycles. The van der Waals surface area contributed by atoms with Crippen molar-refractivity contribution in [1.29, 1.82) is 0 Å². The minimum absolute atomic E-state index is 0.311. The summed E-state index contributed by atoms with van der Waals surface area (Å²) in [6, 6.07) is 17.8. The summed E-state index contributed by atoms with van der Waals surface area (Å²) in [4.78, 5) is 13.7. The molecule has 6 heteroatoms. The van der Waals surface area contributed by atoms with E-state index in [0.717, 1.165) is 38.2 Å². The van der Waals surface area contributed by atoms with Crippen LogP contribution in [0.3, 0.4) is 0 Å². The molecule has 0 amide bonds. The molecule has 0 bridgehead atoms. The first kappa shape index (κ1) is 17.7. The third-order valence-electron chi connectivity index (χ3n) is 5.54. The summed E-state index contributed by atoms with van der Waals surface area (Å²) in [6.07, 6.45) is 5.73. The number of hydrogen-bond donors (Lipinski definition) is 1. The monoisotopic (exact) mass is 385 g/mol. The van der Waals surface area contributed by atoms with Crippen LogP contribution >= 0.6 is 0 Å². The van der Waals surface area contributed by atoms with Crippen LogP contribution in [-0.4, -0.2) is 50.7 Å². The summed E-state index contributed by atoms with van der Waals surface area (Å²) in [6.45, 7) is 4.87. The van der Waals surface area contributed by atoms with Gasteiger partial charge in [-0.05, 0) is 42.0 Å². The number of aromatic hydroxyl groups is 1. The zero-order chi connectivity index (χ0) is 19.6. The minimum atomic E-state index is 0.311. The lowest BCUT2D eigenvalue weighted by Crippen LogP contribution is -2.45. The van der Waals surface area contributed by atoms with Crippen molar-refractivity contribution >= 4 is 16.6 Å². The van der Waals surface area contributed by atoms with E-state index in [2.05, 4.69) is 54.8 Å². The Morgan fingerprint density at radius 1 is 0.828 bits per heavy atom. The normalized spacial score (nSPS) is 15.1. The van der Waals surface area contributed by atoms with Gasteiger partial charge in [-0.3, -0.25) is 9.47 Å². The van der Waals surface area contributed by atoms with Gasteiger partial charge in [0, 0.05) is 62.4 Å². The highest BCUT2D eigenvalue weighted by Gasteiger charge is 2.19. The highest BCUT2D eigenvalue weighted by atomic mass is 16.3. The topological polar surface area (TPSA) is 57.4 Å². The standard InChI is InChI=1S/C23H23N5O/c29-20-8-6-19(7-9-20)27-14-12-26(13-15-27)16-18-17-28(23-24-10-3-11-25-23)22-5-2-1-4-21(18)22/h1-11,17,29H,12-16H2. The zero-order valence-electron chi connectivity index (χ0n) is 16.1. The number of hydrogen-bond acceptors (Lipinski definition) is 5. The molecule has 0 unspecified atom stereocenters. The Morgan fingerprint density at radius 3 is 2.31 bits per heavy atom. The average molecular weight is 385 g/mol. The molecule has 0 aliphatic carbocycles. The number of anilines is 1. The predicted molar refractivity (Wildman–Crippen MR) is 114 cm³/mol. The van der Waals surface area contributed by atoms with Crippen molar-refractivity contribution in [2.75, 3.05) is 31.1 Å². The second-order valence-corrected chi connectivity index (χ2v) is 7.37. The van der Waals surface area contributed by atoms with Crippen molar-refractivity contribution in [2.45, 2.75) is 6.54 Å². The lowest BCUT2D eigenvalue weighted by molar-refractivity contribution is 0.250. The van der Waals surface area contributed by atoms with Crippen LogP contribution < -0.4 is 4.90 Å². The van der Waals surface area contributed by atoms with E-state index in [0.29, 0.717) is 11.7 Å². The van der Waals surface area contributed by atoms with Crippen LogP contribution in [0, 0.1) is 0 Å². The molecule has 3 heterocycles. The highest BCUT2D eigenvalue weighted by Crippen LogP contribution is 2.26. The van der Waals surface area contributed by atoms with Gasteiger partial charge in [-0.2, -0.15) is 0 Å². The maximum atomic E-state index is 9.49. The van der Waals surface area contributed by atoms with E-state index >= 15 is 0 Å².